The third-order valence-corrected chi connectivity index (χ3v) is 5.23. The number of hydrogen-bond acceptors (Lipinski definition) is 6. The minimum Gasteiger partial charge on any atom is -0.382 e. The van der Waals surface area contributed by atoms with Gasteiger partial charge in [0.2, 0.25) is 0 Å². The van der Waals surface area contributed by atoms with E-state index in [1.54, 1.807) is 4.68 Å². The number of aryl methyl sites for hydroxylation is 1. The zero-order chi connectivity index (χ0) is 22.6. The monoisotopic (exact) mass is 439 g/mol. The van der Waals surface area contributed by atoms with E-state index < -0.39 is 17.2 Å². The Kier molecular flexibility index (Phi) is 6.33. The first-order chi connectivity index (χ1) is 15.4. The van der Waals surface area contributed by atoms with Gasteiger partial charge in [0.1, 0.15) is 29.9 Å². The van der Waals surface area contributed by atoms with Gasteiger partial charge in [0.15, 0.2) is 0 Å². The highest BCUT2D eigenvalue weighted by molar-refractivity contribution is 5.26. The maximum Gasteiger partial charge on any atom is 0.137 e. The van der Waals surface area contributed by atoms with E-state index in [-0.39, 0.29) is 18.7 Å². The lowest BCUT2D eigenvalue weighted by Gasteiger charge is -2.29. The van der Waals surface area contributed by atoms with Crippen molar-refractivity contribution >= 4 is 0 Å². The molecule has 0 spiro atoms. The van der Waals surface area contributed by atoms with Crippen molar-refractivity contribution in [2.24, 2.45) is 0 Å². The number of benzene rings is 2. The average molecular weight is 439 g/mol. The van der Waals surface area contributed by atoms with Crippen molar-refractivity contribution in [2.45, 2.75) is 32.2 Å². The van der Waals surface area contributed by atoms with Crippen molar-refractivity contribution < 1.29 is 13.9 Å². The molecule has 0 fully saturated rings. The number of hydrogen-bond donors (Lipinski definition) is 2. The summed E-state index contributed by atoms with van der Waals surface area (Å²) >= 11 is 0. The van der Waals surface area contributed by atoms with Crippen molar-refractivity contribution in [3.63, 3.8) is 0 Å². The van der Waals surface area contributed by atoms with E-state index in [1.165, 1.54) is 29.0 Å². The highest BCUT2D eigenvalue weighted by Gasteiger charge is 2.33. The molecule has 1 unspecified atom stereocenters. The Morgan fingerprint density at radius 1 is 1.12 bits per heavy atom. The fraction of sp³-hybridized carbons (Fsp3) is 0.273. The summed E-state index contributed by atoms with van der Waals surface area (Å²) in [6.07, 6.45) is 4.56. The van der Waals surface area contributed by atoms with Gasteiger partial charge in [0.25, 0.3) is 0 Å². The van der Waals surface area contributed by atoms with Gasteiger partial charge < -0.3 is 10.4 Å². The van der Waals surface area contributed by atoms with Crippen LogP contribution >= 0.6 is 0 Å². The molecule has 0 aliphatic rings. The first kappa shape index (κ1) is 21.7. The Morgan fingerprint density at radius 2 is 1.97 bits per heavy atom. The van der Waals surface area contributed by atoms with E-state index in [4.69, 9.17) is 0 Å². The first-order valence-corrected chi connectivity index (χ1v) is 10.1. The number of nitrogens with one attached hydrogen (secondary N) is 1. The molecule has 2 heterocycles. The van der Waals surface area contributed by atoms with Crippen LogP contribution < -0.4 is 5.32 Å². The van der Waals surface area contributed by atoms with Crippen molar-refractivity contribution in [1.29, 1.82) is 0 Å². The molecular weight excluding hydrogens is 416 g/mol. The van der Waals surface area contributed by atoms with Gasteiger partial charge in [-0.3, -0.25) is 0 Å². The summed E-state index contributed by atoms with van der Waals surface area (Å²) < 4.78 is 31.0. The second kappa shape index (κ2) is 9.33. The number of aliphatic hydroxyl groups is 1. The minimum atomic E-state index is -1.69. The van der Waals surface area contributed by atoms with Gasteiger partial charge in [-0.25, -0.2) is 23.1 Å². The SMILES string of the molecule is Cc1ccccc1Cn1cc(CNCC(O)(Cn2cncn2)c2ccc(F)cc2F)nn1. The molecule has 2 aromatic heterocycles. The standard InChI is InChI=1S/C22H23F2N7O/c1-16-4-2-3-5-17(16)10-30-11-19(28-29-30)9-25-12-22(32,13-31-15-26-14-27-31)20-7-6-18(23)8-21(20)24/h2-8,11,14-15,25,32H,9-10,12-13H2,1H3. The smallest absolute Gasteiger partial charge is 0.137 e. The van der Waals surface area contributed by atoms with Crippen LogP contribution in [-0.4, -0.2) is 41.4 Å². The molecule has 0 bridgehead atoms. The predicted octanol–water partition coefficient (Wildman–Crippen LogP) is 2.18. The summed E-state index contributed by atoms with van der Waals surface area (Å²) in [5.41, 5.74) is 1.25. The Labute approximate surface area is 183 Å². The Hall–Kier alpha value is -3.50. The second-order valence-electron chi connectivity index (χ2n) is 7.69. The molecule has 4 aromatic rings. The van der Waals surface area contributed by atoms with Gasteiger partial charge in [-0.2, -0.15) is 5.10 Å². The van der Waals surface area contributed by atoms with E-state index in [1.807, 2.05) is 37.4 Å². The van der Waals surface area contributed by atoms with Crippen LogP contribution in [0.5, 0.6) is 0 Å². The van der Waals surface area contributed by atoms with Crippen LogP contribution in [0.25, 0.3) is 0 Å². The Bertz CT molecular complexity index is 1180. The van der Waals surface area contributed by atoms with Crippen molar-refractivity contribution in [1.82, 2.24) is 35.1 Å². The molecule has 0 saturated heterocycles. The zero-order valence-corrected chi connectivity index (χ0v) is 17.5. The number of halogens is 2. The molecule has 10 heteroatoms. The van der Waals surface area contributed by atoms with E-state index in [9.17, 15) is 13.9 Å². The number of nitrogens with zero attached hydrogens (tertiary/aromatic N) is 6. The van der Waals surface area contributed by atoms with Gasteiger partial charge in [-0.1, -0.05) is 35.5 Å². The molecule has 4 rings (SSSR count). The van der Waals surface area contributed by atoms with Crippen LogP contribution in [0.1, 0.15) is 22.4 Å². The van der Waals surface area contributed by atoms with Crippen LogP contribution in [0.2, 0.25) is 0 Å². The lowest BCUT2D eigenvalue weighted by molar-refractivity contribution is 0.0117. The van der Waals surface area contributed by atoms with E-state index >= 15 is 0 Å². The van der Waals surface area contributed by atoms with Crippen LogP contribution in [0.15, 0.2) is 61.3 Å². The molecular formula is C22H23F2N7O. The van der Waals surface area contributed by atoms with Gasteiger partial charge in [0.05, 0.1) is 25.0 Å². The largest absolute Gasteiger partial charge is 0.382 e. The second-order valence-corrected chi connectivity index (χ2v) is 7.69. The number of rotatable bonds is 9. The first-order valence-electron chi connectivity index (χ1n) is 10.1. The van der Waals surface area contributed by atoms with Crippen molar-refractivity contribution in [2.75, 3.05) is 6.54 Å². The summed E-state index contributed by atoms with van der Waals surface area (Å²) in [5, 5.41) is 26.7. The van der Waals surface area contributed by atoms with Crippen LogP contribution in [0, 0.1) is 18.6 Å². The highest BCUT2D eigenvalue weighted by Crippen LogP contribution is 2.26. The molecule has 32 heavy (non-hydrogen) atoms. The van der Waals surface area contributed by atoms with Crippen molar-refractivity contribution in [3.05, 3.63) is 95.3 Å². The lowest BCUT2D eigenvalue weighted by atomic mass is 9.92. The van der Waals surface area contributed by atoms with E-state index in [0.717, 1.165) is 17.7 Å². The van der Waals surface area contributed by atoms with Crippen LogP contribution in [0.4, 0.5) is 8.78 Å². The Balaban J connectivity index is 1.45. The predicted molar refractivity (Wildman–Crippen MR) is 112 cm³/mol. The summed E-state index contributed by atoms with van der Waals surface area (Å²) in [7, 11) is 0. The zero-order valence-electron chi connectivity index (χ0n) is 17.5. The maximum atomic E-state index is 14.5. The minimum absolute atomic E-state index is 0.0277. The molecule has 166 valence electrons. The summed E-state index contributed by atoms with van der Waals surface area (Å²) in [6, 6.07) is 11.1. The number of aromatic nitrogens is 6. The fourth-order valence-electron chi connectivity index (χ4n) is 3.54. The third-order valence-electron chi connectivity index (χ3n) is 5.23. The topological polar surface area (TPSA) is 93.7 Å². The maximum absolute atomic E-state index is 14.5. The van der Waals surface area contributed by atoms with Gasteiger partial charge >= 0.3 is 0 Å². The molecule has 1 atom stereocenters. The molecule has 0 aliphatic carbocycles. The molecule has 0 saturated carbocycles. The van der Waals surface area contributed by atoms with Crippen LogP contribution in [0.3, 0.4) is 0 Å². The lowest BCUT2D eigenvalue weighted by Crippen LogP contribution is -2.42. The molecule has 8 nitrogen and oxygen atoms in total. The average Bonchev–Trinajstić information content (AvgIpc) is 3.42. The van der Waals surface area contributed by atoms with E-state index in [0.29, 0.717) is 18.8 Å². The molecule has 2 aromatic carbocycles. The van der Waals surface area contributed by atoms with Gasteiger partial charge in [0, 0.05) is 24.7 Å². The highest BCUT2D eigenvalue weighted by atomic mass is 19.1. The normalized spacial score (nSPS) is 13.2. The quantitative estimate of drug-likeness (QED) is 0.415. The fourth-order valence-corrected chi connectivity index (χ4v) is 3.54. The van der Waals surface area contributed by atoms with E-state index in [2.05, 4.69) is 25.7 Å². The third kappa shape index (κ3) is 5.04. The summed E-state index contributed by atoms with van der Waals surface area (Å²) in [5.74, 6) is -1.55. The summed E-state index contributed by atoms with van der Waals surface area (Å²) in [6.45, 7) is 2.84. The molecule has 0 aliphatic heterocycles. The summed E-state index contributed by atoms with van der Waals surface area (Å²) in [4.78, 5) is 3.85. The molecule has 0 amide bonds. The van der Waals surface area contributed by atoms with Gasteiger partial charge in [-0.15, -0.1) is 5.10 Å². The van der Waals surface area contributed by atoms with Gasteiger partial charge in [-0.05, 0) is 24.1 Å². The molecule has 2 N–H and O–H groups in total. The molecule has 0 radical (unpaired) electrons. The van der Waals surface area contributed by atoms with Crippen molar-refractivity contribution in [3.8, 4) is 0 Å². The van der Waals surface area contributed by atoms with Crippen LogP contribution in [-0.2, 0) is 25.2 Å². The Morgan fingerprint density at radius 3 is 2.72 bits per heavy atom.